The van der Waals surface area contributed by atoms with Crippen LogP contribution in [-0.2, 0) is 9.84 Å². The van der Waals surface area contributed by atoms with Crippen LogP contribution in [0.15, 0.2) is 35.5 Å². The molecule has 2 N–H and O–H groups in total. The van der Waals surface area contributed by atoms with E-state index in [9.17, 15) is 18.5 Å². The predicted molar refractivity (Wildman–Crippen MR) is 76.8 cm³/mol. The van der Waals surface area contributed by atoms with Crippen molar-refractivity contribution in [3.8, 4) is 0 Å². The lowest BCUT2D eigenvalue weighted by Gasteiger charge is -2.13. The summed E-state index contributed by atoms with van der Waals surface area (Å²) in [5.41, 5.74) is -0.0624. The lowest BCUT2D eigenvalue weighted by molar-refractivity contribution is -0.384. The van der Waals surface area contributed by atoms with E-state index in [1.165, 1.54) is 12.1 Å². The number of sulfone groups is 1. The van der Waals surface area contributed by atoms with Crippen LogP contribution in [-0.4, -0.2) is 29.6 Å². The Bertz CT molecular complexity index is 756. The molecule has 0 fully saturated rings. The van der Waals surface area contributed by atoms with Crippen LogP contribution >= 0.6 is 0 Å². The second-order valence-corrected chi connectivity index (χ2v) is 6.56. The lowest BCUT2D eigenvalue weighted by atomic mass is 10.2. The molecule has 112 valence electrons. The summed E-state index contributed by atoms with van der Waals surface area (Å²) >= 11 is 0. The van der Waals surface area contributed by atoms with Gasteiger partial charge in [0.15, 0.2) is 9.84 Å². The Morgan fingerprint density at radius 2 is 2.14 bits per heavy atom. The van der Waals surface area contributed by atoms with Crippen LogP contribution in [0.5, 0.6) is 0 Å². The largest absolute Gasteiger partial charge is 0.370 e. The van der Waals surface area contributed by atoms with Gasteiger partial charge in [0, 0.05) is 24.7 Å². The maximum Gasteiger partial charge on any atom is 0.293 e. The highest BCUT2D eigenvalue weighted by molar-refractivity contribution is 7.90. The van der Waals surface area contributed by atoms with E-state index in [0.717, 1.165) is 12.3 Å². The molecule has 0 radical (unpaired) electrons. The molecule has 1 aromatic heterocycles. The van der Waals surface area contributed by atoms with E-state index in [0.29, 0.717) is 5.82 Å². The maximum absolute atomic E-state index is 11.5. The van der Waals surface area contributed by atoms with Gasteiger partial charge in [0.05, 0.1) is 15.9 Å². The Balaban J connectivity index is 2.38. The van der Waals surface area contributed by atoms with Crippen molar-refractivity contribution < 1.29 is 13.3 Å². The second kappa shape index (κ2) is 5.52. The molecule has 0 aliphatic rings. The number of benzene rings is 1. The molecule has 9 heteroatoms. The van der Waals surface area contributed by atoms with Gasteiger partial charge >= 0.3 is 0 Å². The average molecular weight is 310 g/mol. The quantitative estimate of drug-likeness (QED) is 0.643. The number of nitro groups is 1. The zero-order valence-electron chi connectivity index (χ0n) is 11.4. The highest BCUT2D eigenvalue weighted by atomic mass is 32.2. The van der Waals surface area contributed by atoms with Gasteiger partial charge in [-0.1, -0.05) is 0 Å². The van der Waals surface area contributed by atoms with Gasteiger partial charge in [-0.15, -0.1) is 0 Å². The number of anilines is 1. The van der Waals surface area contributed by atoms with Crippen LogP contribution < -0.4 is 5.32 Å². The molecule has 1 unspecified atom stereocenters. The smallest absolute Gasteiger partial charge is 0.293 e. The van der Waals surface area contributed by atoms with Crippen molar-refractivity contribution in [1.29, 1.82) is 0 Å². The maximum atomic E-state index is 11.5. The van der Waals surface area contributed by atoms with Gasteiger partial charge in [-0.3, -0.25) is 10.1 Å². The Labute approximate surface area is 121 Å². The topological polar surface area (TPSA) is 118 Å². The van der Waals surface area contributed by atoms with E-state index >= 15 is 0 Å². The normalized spacial score (nSPS) is 12.9. The number of aromatic amines is 1. The number of imidazole rings is 1. The summed E-state index contributed by atoms with van der Waals surface area (Å²) < 4.78 is 22.9. The fourth-order valence-corrected chi connectivity index (χ4v) is 2.47. The average Bonchev–Trinajstić information content (AvgIpc) is 2.91. The first kappa shape index (κ1) is 15.0. The molecule has 1 atom stereocenters. The molecule has 2 rings (SSSR count). The fraction of sp³-hybridized carbons (Fsp3) is 0.250. The summed E-state index contributed by atoms with van der Waals surface area (Å²) in [6.07, 6.45) is 4.23. The Morgan fingerprint density at radius 1 is 1.43 bits per heavy atom. The predicted octanol–water partition coefficient (Wildman–Crippen LogP) is 1.89. The molecule has 1 aromatic carbocycles. The molecule has 2 aromatic rings. The third-order valence-electron chi connectivity index (χ3n) is 2.90. The zero-order valence-corrected chi connectivity index (χ0v) is 12.2. The number of hydrogen-bond acceptors (Lipinski definition) is 6. The standard InChI is InChI=1S/C12H14N4O4S/c1-8(12-13-5-6-14-12)15-10-4-3-9(21(2,19)20)7-11(10)16(17)18/h3-8,15H,1-2H3,(H,13,14). The van der Waals surface area contributed by atoms with Gasteiger partial charge in [-0.05, 0) is 19.1 Å². The van der Waals surface area contributed by atoms with E-state index < -0.39 is 14.8 Å². The minimum absolute atomic E-state index is 0.0922. The van der Waals surface area contributed by atoms with Crippen LogP contribution in [0.3, 0.4) is 0 Å². The van der Waals surface area contributed by atoms with E-state index in [2.05, 4.69) is 15.3 Å². The van der Waals surface area contributed by atoms with Crippen LogP contribution in [0.4, 0.5) is 11.4 Å². The molecule has 21 heavy (non-hydrogen) atoms. The first-order chi connectivity index (χ1) is 9.79. The van der Waals surface area contributed by atoms with Crippen molar-refractivity contribution in [3.63, 3.8) is 0 Å². The molecular weight excluding hydrogens is 296 g/mol. The lowest BCUT2D eigenvalue weighted by Crippen LogP contribution is -2.10. The molecule has 0 saturated carbocycles. The van der Waals surface area contributed by atoms with Gasteiger partial charge in [-0.25, -0.2) is 13.4 Å². The summed E-state index contributed by atoms with van der Waals surface area (Å²) in [5.74, 6) is 0.622. The molecule has 0 bridgehead atoms. The van der Waals surface area contributed by atoms with Gasteiger partial charge in [0.2, 0.25) is 0 Å². The number of nitrogens with one attached hydrogen (secondary N) is 2. The minimum Gasteiger partial charge on any atom is -0.370 e. The van der Waals surface area contributed by atoms with Crippen molar-refractivity contribution in [3.05, 3.63) is 46.5 Å². The number of rotatable bonds is 5. The Hall–Kier alpha value is -2.42. The third-order valence-corrected chi connectivity index (χ3v) is 4.01. The summed E-state index contributed by atoms with van der Waals surface area (Å²) in [6.45, 7) is 1.78. The van der Waals surface area contributed by atoms with E-state index in [4.69, 9.17) is 0 Å². The van der Waals surface area contributed by atoms with E-state index in [1.54, 1.807) is 19.3 Å². The number of nitro benzene ring substituents is 1. The molecule has 1 heterocycles. The molecule has 0 amide bonds. The van der Waals surface area contributed by atoms with Crippen molar-refractivity contribution in [2.75, 3.05) is 11.6 Å². The highest BCUT2D eigenvalue weighted by Gasteiger charge is 2.20. The molecule has 8 nitrogen and oxygen atoms in total. The molecule has 0 aliphatic carbocycles. The first-order valence-corrected chi connectivity index (χ1v) is 7.92. The van der Waals surface area contributed by atoms with Gasteiger partial charge in [-0.2, -0.15) is 0 Å². The molecular formula is C12H14N4O4S. The zero-order chi connectivity index (χ0) is 15.6. The highest BCUT2D eigenvalue weighted by Crippen LogP contribution is 2.30. The van der Waals surface area contributed by atoms with Crippen molar-refractivity contribution in [2.45, 2.75) is 17.9 Å². The summed E-state index contributed by atoms with van der Waals surface area (Å²) in [7, 11) is -3.50. The van der Waals surface area contributed by atoms with Gasteiger partial charge in [0.25, 0.3) is 5.69 Å². The van der Waals surface area contributed by atoms with Gasteiger partial charge in [0.1, 0.15) is 11.5 Å². The van der Waals surface area contributed by atoms with Gasteiger partial charge < -0.3 is 10.3 Å². The van der Waals surface area contributed by atoms with Crippen LogP contribution in [0.2, 0.25) is 0 Å². The summed E-state index contributed by atoms with van der Waals surface area (Å²) in [4.78, 5) is 17.4. The summed E-state index contributed by atoms with van der Waals surface area (Å²) in [5, 5.41) is 14.1. The number of aromatic nitrogens is 2. The number of hydrogen-bond donors (Lipinski definition) is 2. The third kappa shape index (κ3) is 3.37. The second-order valence-electron chi connectivity index (χ2n) is 4.55. The van der Waals surface area contributed by atoms with Crippen molar-refractivity contribution >= 4 is 21.2 Å². The minimum atomic E-state index is -3.50. The van der Waals surface area contributed by atoms with E-state index in [1.807, 2.05) is 0 Å². The van der Waals surface area contributed by atoms with Crippen molar-refractivity contribution in [1.82, 2.24) is 9.97 Å². The number of H-pyrrole nitrogens is 1. The monoisotopic (exact) mass is 310 g/mol. The summed E-state index contributed by atoms with van der Waals surface area (Å²) in [6, 6.07) is 3.47. The SMILES string of the molecule is CC(Nc1ccc(S(C)(=O)=O)cc1[N+](=O)[O-])c1ncc[nH]1. The fourth-order valence-electron chi connectivity index (χ4n) is 1.83. The van der Waals surface area contributed by atoms with Crippen LogP contribution in [0.1, 0.15) is 18.8 Å². The van der Waals surface area contributed by atoms with Crippen LogP contribution in [0, 0.1) is 10.1 Å². The molecule has 0 aliphatic heterocycles. The first-order valence-electron chi connectivity index (χ1n) is 6.03. The van der Waals surface area contributed by atoms with E-state index in [-0.39, 0.29) is 22.3 Å². The number of nitrogens with zero attached hydrogens (tertiary/aromatic N) is 2. The molecule has 0 saturated heterocycles. The Morgan fingerprint density at radius 3 is 2.67 bits per heavy atom. The Kier molecular flexibility index (Phi) is 3.94. The molecule has 0 spiro atoms. The van der Waals surface area contributed by atoms with Crippen molar-refractivity contribution in [2.24, 2.45) is 0 Å². The van der Waals surface area contributed by atoms with Crippen LogP contribution in [0.25, 0.3) is 0 Å².